The first-order chi connectivity index (χ1) is 6.54. The van der Waals surface area contributed by atoms with Crippen LogP contribution in [0.15, 0.2) is 12.1 Å². The first-order valence-corrected chi connectivity index (χ1v) is 4.75. The number of halogens is 1. The van der Waals surface area contributed by atoms with Gasteiger partial charge in [0.25, 0.3) is 0 Å². The van der Waals surface area contributed by atoms with Crippen molar-refractivity contribution in [1.29, 1.82) is 0 Å². The molecule has 14 heavy (non-hydrogen) atoms. The van der Waals surface area contributed by atoms with Crippen molar-refractivity contribution < 1.29 is 9.53 Å². The fourth-order valence-electron chi connectivity index (χ4n) is 1.29. The lowest BCUT2D eigenvalue weighted by Gasteiger charge is -2.09. The van der Waals surface area contributed by atoms with Crippen molar-refractivity contribution in [2.24, 2.45) is 0 Å². The molecule has 0 radical (unpaired) electrons. The van der Waals surface area contributed by atoms with Gasteiger partial charge in [-0.15, -0.1) is 0 Å². The Morgan fingerprint density at radius 2 is 2.14 bits per heavy atom. The number of Topliss-reactive ketones (excluding diaryl/α,β-unsaturated/α-hetero) is 1. The van der Waals surface area contributed by atoms with E-state index in [0.29, 0.717) is 11.4 Å². The summed E-state index contributed by atoms with van der Waals surface area (Å²) in [4.78, 5) is 11.0. The highest BCUT2D eigenvalue weighted by molar-refractivity contribution is 6.31. The van der Waals surface area contributed by atoms with E-state index < -0.39 is 0 Å². The van der Waals surface area contributed by atoms with E-state index in [2.05, 4.69) is 0 Å². The molecule has 0 atom stereocenters. The van der Waals surface area contributed by atoms with Crippen molar-refractivity contribution in [2.75, 3.05) is 7.11 Å². The second kappa shape index (κ2) is 4.47. The van der Waals surface area contributed by atoms with Crippen LogP contribution in [-0.2, 0) is 11.2 Å². The Morgan fingerprint density at radius 1 is 1.50 bits per heavy atom. The number of carbonyl (C=O) groups excluding carboxylic acids is 1. The van der Waals surface area contributed by atoms with Gasteiger partial charge in [-0.25, -0.2) is 0 Å². The number of aryl methyl sites for hydroxylation is 1. The average Bonchev–Trinajstić information content (AvgIpc) is 2.10. The van der Waals surface area contributed by atoms with E-state index in [1.54, 1.807) is 20.1 Å². The predicted octanol–water partition coefficient (Wildman–Crippen LogP) is 2.79. The normalized spacial score (nSPS) is 10.0. The van der Waals surface area contributed by atoms with Gasteiger partial charge in [-0.3, -0.25) is 4.79 Å². The quantitative estimate of drug-likeness (QED) is 0.770. The molecule has 0 unspecified atom stereocenters. The molecule has 0 aliphatic carbocycles. The van der Waals surface area contributed by atoms with Crippen molar-refractivity contribution >= 4 is 17.4 Å². The van der Waals surface area contributed by atoms with Gasteiger partial charge in [-0.2, -0.15) is 0 Å². The Balaban J connectivity index is 3.13. The minimum Gasteiger partial charge on any atom is -0.496 e. The molecule has 1 aromatic carbocycles. The van der Waals surface area contributed by atoms with E-state index in [0.717, 1.165) is 16.9 Å². The molecule has 1 rings (SSSR count). The van der Waals surface area contributed by atoms with Crippen LogP contribution < -0.4 is 4.74 Å². The van der Waals surface area contributed by atoms with Crippen molar-refractivity contribution in [2.45, 2.75) is 20.3 Å². The lowest BCUT2D eigenvalue weighted by atomic mass is 10.1. The van der Waals surface area contributed by atoms with Crippen molar-refractivity contribution in [3.05, 3.63) is 28.3 Å². The topological polar surface area (TPSA) is 26.3 Å². The van der Waals surface area contributed by atoms with Gasteiger partial charge in [-0.05, 0) is 31.5 Å². The van der Waals surface area contributed by atoms with Gasteiger partial charge in [0.2, 0.25) is 0 Å². The number of rotatable bonds is 3. The Labute approximate surface area is 88.8 Å². The van der Waals surface area contributed by atoms with Crippen LogP contribution in [0.3, 0.4) is 0 Å². The summed E-state index contributed by atoms with van der Waals surface area (Å²) < 4.78 is 5.17. The highest BCUT2D eigenvalue weighted by Crippen LogP contribution is 2.26. The van der Waals surface area contributed by atoms with E-state index in [1.807, 2.05) is 13.0 Å². The Bertz CT molecular complexity index is 359. The lowest BCUT2D eigenvalue weighted by Crippen LogP contribution is -2.00. The Hall–Kier alpha value is -1.02. The summed E-state index contributed by atoms with van der Waals surface area (Å²) in [7, 11) is 1.59. The minimum absolute atomic E-state index is 0.100. The van der Waals surface area contributed by atoms with E-state index in [4.69, 9.17) is 16.3 Å². The first kappa shape index (κ1) is 11.1. The number of ketones is 1. The fraction of sp³-hybridized carbons (Fsp3) is 0.364. The van der Waals surface area contributed by atoms with Gasteiger partial charge in [0.05, 0.1) is 7.11 Å². The predicted molar refractivity (Wildman–Crippen MR) is 57.1 cm³/mol. The molecule has 0 heterocycles. The van der Waals surface area contributed by atoms with Crippen LogP contribution in [0.25, 0.3) is 0 Å². The number of carbonyl (C=O) groups is 1. The van der Waals surface area contributed by atoms with Gasteiger partial charge in [0.1, 0.15) is 11.5 Å². The molecular formula is C11H13ClO2. The largest absolute Gasteiger partial charge is 0.496 e. The highest BCUT2D eigenvalue weighted by atomic mass is 35.5. The molecule has 0 saturated heterocycles. The van der Waals surface area contributed by atoms with Gasteiger partial charge in [0, 0.05) is 17.0 Å². The van der Waals surface area contributed by atoms with Gasteiger partial charge in [-0.1, -0.05) is 11.6 Å². The summed E-state index contributed by atoms with van der Waals surface area (Å²) in [6, 6.07) is 3.64. The summed E-state index contributed by atoms with van der Waals surface area (Å²) in [5.74, 6) is 0.824. The molecule has 0 fully saturated rings. The molecule has 3 heteroatoms. The summed E-state index contributed by atoms with van der Waals surface area (Å²) >= 11 is 5.96. The summed E-state index contributed by atoms with van der Waals surface area (Å²) in [5, 5.41) is 0.669. The minimum atomic E-state index is 0.100. The number of hydrogen-bond acceptors (Lipinski definition) is 2. The maximum absolute atomic E-state index is 11.0. The zero-order chi connectivity index (χ0) is 10.7. The number of ether oxygens (including phenoxy) is 1. The van der Waals surface area contributed by atoms with Crippen molar-refractivity contribution in [1.82, 2.24) is 0 Å². The average molecular weight is 213 g/mol. The van der Waals surface area contributed by atoms with Crippen molar-refractivity contribution in [3.63, 3.8) is 0 Å². The maximum Gasteiger partial charge on any atom is 0.134 e. The summed E-state index contributed by atoms with van der Waals surface area (Å²) in [6.07, 6.45) is 0.364. The third-order valence-electron chi connectivity index (χ3n) is 2.00. The lowest BCUT2D eigenvalue weighted by molar-refractivity contribution is -0.116. The van der Waals surface area contributed by atoms with E-state index in [1.165, 1.54) is 0 Å². The molecule has 0 bridgehead atoms. The SMILES string of the molecule is COc1cc(C)c(Cl)cc1CC(C)=O. The van der Waals surface area contributed by atoms with Crippen LogP contribution in [-0.4, -0.2) is 12.9 Å². The van der Waals surface area contributed by atoms with E-state index >= 15 is 0 Å². The number of hydrogen-bond donors (Lipinski definition) is 0. The molecule has 1 aromatic rings. The summed E-state index contributed by atoms with van der Waals surface area (Å²) in [6.45, 7) is 3.45. The van der Waals surface area contributed by atoms with Gasteiger partial charge < -0.3 is 4.74 Å². The molecule has 0 aliphatic rings. The number of methoxy groups -OCH3 is 1. The Morgan fingerprint density at radius 3 is 2.64 bits per heavy atom. The third-order valence-corrected chi connectivity index (χ3v) is 2.41. The molecule has 2 nitrogen and oxygen atoms in total. The second-order valence-corrected chi connectivity index (χ2v) is 3.70. The van der Waals surface area contributed by atoms with E-state index in [9.17, 15) is 4.79 Å². The maximum atomic E-state index is 11.0. The van der Waals surface area contributed by atoms with Crippen molar-refractivity contribution in [3.8, 4) is 5.75 Å². The van der Waals surface area contributed by atoms with Crippen LogP contribution in [0.1, 0.15) is 18.1 Å². The molecule has 76 valence electrons. The van der Waals surface area contributed by atoms with Gasteiger partial charge >= 0.3 is 0 Å². The highest BCUT2D eigenvalue weighted by Gasteiger charge is 2.08. The monoisotopic (exact) mass is 212 g/mol. The summed E-state index contributed by atoms with van der Waals surface area (Å²) in [5.41, 5.74) is 1.80. The molecule has 0 aliphatic heterocycles. The molecule has 0 amide bonds. The van der Waals surface area contributed by atoms with Gasteiger partial charge in [0.15, 0.2) is 0 Å². The molecule has 0 saturated carbocycles. The van der Waals surface area contributed by atoms with Crippen LogP contribution in [0.5, 0.6) is 5.75 Å². The molecule has 0 aromatic heterocycles. The first-order valence-electron chi connectivity index (χ1n) is 4.37. The standard InChI is InChI=1S/C11H13ClO2/c1-7-4-11(14-3)9(5-8(2)13)6-10(7)12/h4,6H,5H2,1-3H3. The van der Waals surface area contributed by atoms with Crippen LogP contribution in [0, 0.1) is 6.92 Å². The zero-order valence-electron chi connectivity index (χ0n) is 8.56. The van der Waals surface area contributed by atoms with E-state index in [-0.39, 0.29) is 5.78 Å². The Kier molecular flexibility index (Phi) is 3.53. The van der Waals surface area contributed by atoms with Crippen LogP contribution >= 0.6 is 11.6 Å². The second-order valence-electron chi connectivity index (χ2n) is 3.29. The third kappa shape index (κ3) is 2.48. The smallest absolute Gasteiger partial charge is 0.134 e. The fourth-order valence-corrected chi connectivity index (χ4v) is 1.48. The van der Waals surface area contributed by atoms with Crippen LogP contribution in [0.4, 0.5) is 0 Å². The van der Waals surface area contributed by atoms with Crippen LogP contribution in [0.2, 0.25) is 5.02 Å². The number of benzene rings is 1. The molecular weight excluding hydrogens is 200 g/mol. The molecule has 0 spiro atoms. The molecule has 0 N–H and O–H groups in total. The zero-order valence-corrected chi connectivity index (χ0v) is 9.31.